The van der Waals surface area contributed by atoms with E-state index < -0.39 is 6.04 Å². The largest absolute Gasteiger partial charge is 0.464 e. The van der Waals surface area contributed by atoms with Gasteiger partial charge in [-0.3, -0.25) is 4.79 Å². The highest BCUT2D eigenvalue weighted by molar-refractivity contribution is 7.99. The van der Waals surface area contributed by atoms with Crippen molar-refractivity contribution in [3.8, 4) is 0 Å². The molecule has 4 atom stereocenters. The molecule has 0 N–H and O–H groups in total. The molecular weight excluding hydrogens is 418 g/mol. The molecule has 2 aromatic carbocycles. The highest BCUT2D eigenvalue weighted by atomic mass is 35.5. The van der Waals surface area contributed by atoms with E-state index in [0.717, 1.165) is 24.8 Å². The summed E-state index contributed by atoms with van der Waals surface area (Å²) in [6.07, 6.45) is 2.60. The third kappa shape index (κ3) is 4.37. The van der Waals surface area contributed by atoms with Gasteiger partial charge in [-0.25, -0.2) is 4.79 Å². The molecule has 4 unspecified atom stereocenters. The number of carbonyl (C=O) groups is 2. The number of esters is 1. The first-order valence-electron chi connectivity index (χ1n) is 10.5. The van der Waals surface area contributed by atoms with Crippen LogP contribution in [0, 0.1) is 5.92 Å². The van der Waals surface area contributed by atoms with Crippen LogP contribution in [0.15, 0.2) is 54.6 Å². The number of thioether (sulfide) groups is 1. The predicted octanol–water partition coefficient (Wildman–Crippen LogP) is 5.43. The second-order valence-electron chi connectivity index (χ2n) is 7.85. The number of ether oxygens (including phenoxy) is 1. The molecule has 1 heterocycles. The van der Waals surface area contributed by atoms with Crippen LogP contribution in [0.5, 0.6) is 0 Å². The van der Waals surface area contributed by atoms with Gasteiger partial charge in [-0.05, 0) is 30.4 Å². The summed E-state index contributed by atoms with van der Waals surface area (Å²) in [5.41, 5.74) is 2.05. The molecule has 2 aromatic rings. The molecular formula is C24H26ClNO3S. The Morgan fingerprint density at radius 1 is 1.13 bits per heavy atom. The van der Waals surface area contributed by atoms with Gasteiger partial charge in [0, 0.05) is 22.3 Å². The van der Waals surface area contributed by atoms with Gasteiger partial charge in [0.1, 0.15) is 11.4 Å². The van der Waals surface area contributed by atoms with Crippen LogP contribution in [0.4, 0.5) is 0 Å². The van der Waals surface area contributed by atoms with Gasteiger partial charge in [0.15, 0.2) is 0 Å². The number of amides is 1. The molecule has 0 aromatic heterocycles. The van der Waals surface area contributed by atoms with E-state index in [1.807, 2.05) is 42.5 Å². The zero-order chi connectivity index (χ0) is 21.1. The van der Waals surface area contributed by atoms with Crippen molar-refractivity contribution in [2.45, 2.75) is 43.5 Å². The Labute approximate surface area is 186 Å². The minimum atomic E-state index is -0.572. The Kier molecular flexibility index (Phi) is 6.69. The fourth-order valence-electron chi connectivity index (χ4n) is 4.01. The number of carbonyl (C=O) groups excluding carboxylic acids is 2. The van der Waals surface area contributed by atoms with Crippen molar-refractivity contribution in [3.05, 3.63) is 70.7 Å². The fraction of sp³-hybridized carbons (Fsp3) is 0.417. The number of rotatable bonds is 7. The molecule has 0 spiro atoms. The minimum Gasteiger partial charge on any atom is -0.464 e. The molecule has 158 valence electrons. The first-order valence-corrected chi connectivity index (χ1v) is 11.9. The lowest BCUT2D eigenvalue weighted by atomic mass is 10.1. The normalized spacial score (nSPS) is 25.2. The van der Waals surface area contributed by atoms with Gasteiger partial charge < -0.3 is 9.64 Å². The summed E-state index contributed by atoms with van der Waals surface area (Å²) in [5, 5.41) is 0.343. The van der Waals surface area contributed by atoms with Gasteiger partial charge >= 0.3 is 5.97 Å². The molecule has 0 radical (unpaired) electrons. The molecule has 30 heavy (non-hydrogen) atoms. The highest BCUT2D eigenvalue weighted by Crippen LogP contribution is 2.52. The fourth-order valence-corrected chi connectivity index (χ4v) is 5.77. The van der Waals surface area contributed by atoms with Gasteiger partial charge in [-0.1, -0.05) is 73.5 Å². The van der Waals surface area contributed by atoms with Crippen LogP contribution >= 0.6 is 23.4 Å². The quantitative estimate of drug-likeness (QED) is 0.423. The summed E-state index contributed by atoms with van der Waals surface area (Å²) in [5.74, 6) is 0.358. The number of hydrogen-bond donors (Lipinski definition) is 0. The summed E-state index contributed by atoms with van der Waals surface area (Å²) in [7, 11) is 0. The summed E-state index contributed by atoms with van der Waals surface area (Å²) in [6.45, 7) is 2.45. The number of unbranched alkanes of at least 4 members (excludes halogenated alkanes) is 1. The molecule has 1 saturated carbocycles. The molecule has 1 aliphatic carbocycles. The molecule has 4 nitrogen and oxygen atoms in total. The zero-order valence-corrected chi connectivity index (χ0v) is 18.6. The minimum absolute atomic E-state index is 0.0243. The van der Waals surface area contributed by atoms with Crippen molar-refractivity contribution < 1.29 is 14.3 Å². The first-order chi connectivity index (χ1) is 14.6. The van der Waals surface area contributed by atoms with E-state index in [9.17, 15) is 9.59 Å². The molecule has 1 amide bonds. The average molecular weight is 444 g/mol. The standard InChI is InChI=1S/C24H26ClNO3S/c1-2-3-13-29-24(28)21-15-30-23(17-11-7-8-12-20(17)25)26(21)22(27)19-14-18(19)16-9-5-4-6-10-16/h4-12,18-19,21,23H,2-3,13-15H2,1H3. The predicted molar refractivity (Wildman–Crippen MR) is 120 cm³/mol. The number of benzene rings is 2. The van der Waals surface area contributed by atoms with E-state index in [0.29, 0.717) is 17.4 Å². The molecule has 2 aliphatic rings. The Hall–Kier alpha value is -1.98. The Balaban J connectivity index is 1.57. The van der Waals surface area contributed by atoms with Gasteiger partial charge in [-0.2, -0.15) is 0 Å². The molecule has 1 saturated heterocycles. The van der Waals surface area contributed by atoms with Crippen LogP contribution in [0.25, 0.3) is 0 Å². The maximum absolute atomic E-state index is 13.6. The number of nitrogens with zero attached hydrogens (tertiary/aromatic N) is 1. The second kappa shape index (κ2) is 9.44. The Morgan fingerprint density at radius 2 is 1.87 bits per heavy atom. The summed E-state index contributed by atoms with van der Waals surface area (Å²) < 4.78 is 5.49. The van der Waals surface area contributed by atoms with Crippen molar-refractivity contribution in [1.29, 1.82) is 0 Å². The molecule has 1 aliphatic heterocycles. The Morgan fingerprint density at radius 3 is 2.60 bits per heavy atom. The van der Waals surface area contributed by atoms with Crippen molar-refractivity contribution in [3.63, 3.8) is 0 Å². The van der Waals surface area contributed by atoms with Crippen molar-refractivity contribution in [2.24, 2.45) is 5.92 Å². The topological polar surface area (TPSA) is 46.6 Å². The smallest absolute Gasteiger partial charge is 0.329 e. The van der Waals surface area contributed by atoms with E-state index >= 15 is 0 Å². The van der Waals surface area contributed by atoms with Crippen LogP contribution in [0.3, 0.4) is 0 Å². The first kappa shape index (κ1) is 21.3. The Bertz CT molecular complexity index is 906. The summed E-state index contributed by atoms with van der Waals surface area (Å²) in [6, 6.07) is 17.1. The van der Waals surface area contributed by atoms with Gasteiger partial charge in [-0.15, -0.1) is 11.8 Å². The third-order valence-corrected chi connectivity index (χ3v) is 7.42. The molecule has 4 rings (SSSR count). The highest BCUT2D eigenvalue weighted by Gasteiger charge is 2.52. The third-order valence-electron chi connectivity index (χ3n) is 5.78. The maximum Gasteiger partial charge on any atom is 0.329 e. The number of halogens is 1. The lowest BCUT2D eigenvalue weighted by molar-refractivity contribution is -0.154. The van der Waals surface area contributed by atoms with Gasteiger partial charge in [0.25, 0.3) is 0 Å². The zero-order valence-electron chi connectivity index (χ0n) is 17.0. The van der Waals surface area contributed by atoms with Crippen LogP contribution < -0.4 is 0 Å². The number of hydrogen-bond acceptors (Lipinski definition) is 4. The van der Waals surface area contributed by atoms with E-state index in [2.05, 4.69) is 19.1 Å². The summed E-state index contributed by atoms with van der Waals surface area (Å²) in [4.78, 5) is 28.2. The van der Waals surface area contributed by atoms with Crippen LogP contribution in [0.2, 0.25) is 5.02 Å². The SMILES string of the molecule is CCCCOC(=O)C1CSC(c2ccccc2Cl)N1C(=O)C1CC1c1ccccc1. The van der Waals surface area contributed by atoms with E-state index in [4.69, 9.17) is 16.3 Å². The van der Waals surface area contributed by atoms with Crippen molar-refractivity contribution in [2.75, 3.05) is 12.4 Å². The molecule has 6 heteroatoms. The van der Waals surface area contributed by atoms with E-state index in [1.165, 1.54) is 5.56 Å². The average Bonchev–Trinajstić information content (AvgIpc) is 3.45. The monoisotopic (exact) mass is 443 g/mol. The van der Waals surface area contributed by atoms with Crippen LogP contribution in [-0.2, 0) is 14.3 Å². The van der Waals surface area contributed by atoms with Gasteiger partial charge in [0.2, 0.25) is 5.91 Å². The van der Waals surface area contributed by atoms with Gasteiger partial charge in [0.05, 0.1) is 6.61 Å². The second-order valence-corrected chi connectivity index (χ2v) is 9.37. The molecule has 0 bridgehead atoms. The maximum atomic E-state index is 13.6. The van der Waals surface area contributed by atoms with E-state index in [1.54, 1.807) is 16.7 Å². The summed E-state index contributed by atoms with van der Waals surface area (Å²) >= 11 is 8.04. The lowest BCUT2D eigenvalue weighted by Gasteiger charge is -2.29. The van der Waals surface area contributed by atoms with Crippen LogP contribution in [0.1, 0.15) is 48.6 Å². The van der Waals surface area contributed by atoms with E-state index in [-0.39, 0.29) is 29.1 Å². The molecule has 2 fully saturated rings. The lowest BCUT2D eigenvalue weighted by Crippen LogP contribution is -2.44. The van der Waals surface area contributed by atoms with Crippen molar-refractivity contribution in [1.82, 2.24) is 4.90 Å². The van der Waals surface area contributed by atoms with Crippen LogP contribution in [-0.4, -0.2) is 35.2 Å². The van der Waals surface area contributed by atoms with Crippen molar-refractivity contribution >= 4 is 35.2 Å².